The predicted octanol–water partition coefficient (Wildman–Crippen LogP) is 7.01. The molecule has 0 radical (unpaired) electrons. The van der Waals surface area contributed by atoms with Gasteiger partial charge in [-0.3, -0.25) is 0 Å². The first-order valence-electron chi connectivity index (χ1n) is 12.2. The van der Waals surface area contributed by atoms with E-state index in [0.29, 0.717) is 6.04 Å². The molecule has 0 spiro atoms. The summed E-state index contributed by atoms with van der Waals surface area (Å²) in [7, 11) is 2.19. The molecule has 0 bridgehead atoms. The van der Waals surface area contributed by atoms with Crippen molar-refractivity contribution in [2.75, 3.05) is 26.8 Å². The van der Waals surface area contributed by atoms with E-state index in [1.165, 1.54) is 40.7 Å². The molecule has 3 nitrogen and oxygen atoms in total. The number of hydrogen-bond donors (Lipinski definition) is 1. The topological polar surface area (TPSA) is 32.7 Å². The summed E-state index contributed by atoms with van der Waals surface area (Å²) in [5, 5.41) is 9.62. The predicted molar refractivity (Wildman–Crippen MR) is 145 cm³/mol. The zero-order valence-corrected chi connectivity index (χ0v) is 21.5. The maximum absolute atomic E-state index is 9.62. The summed E-state index contributed by atoms with van der Waals surface area (Å²) in [6.45, 7) is 2.07. The van der Waals surface area contributed by atoms with Crippen LogP contribution in [-0.4, -0.2) is 42.9 Å². The number of benzene rings is 2. The van der Waals surface area contributed by atoms with E-state index >= 15 is 0 Å². The summed E-state index contributed by atoms with van der Waals surface area (Å²) in [5.74, 6) is 0.943. The largest absolute Gasteiger partial charge is 0.492 e. The summed E-state index contributed by atoms with van der Waals surface area (Å²) in [6.07, 6.45) is 13.6. The van der Waals surface area contributed by atoms with Crippen LogP contribution in [0.5, 0.6) is 0 Å². The van der Waals surface area contributed by atoms with Crippen LogP contribution in [0, 0.1) is 0 Å². The lowest BCUT2D eigenvalue weighted by atomic mass is 9.86. The van der Waals surface area contributed by atoms with Crippen molar-refractivity contribution in [1.29, 1.82) is 0 Å². The van der Waals surface area contributed by atoms with E-state index in [1.807, 2.05) is 6.07 Å². The van der Waals surface area contributed by atoms with Crippen molar-refractivity contribution in [1.82, 2.24) is 4.90 Å². The van der Waals surface area contributed by atoms with E-state index in [-0.39, 0.29) is 6.61 Å². The number of allylic oxidation sites excluding steroid dienone is 7. The number of rotatable bonds is 9. The van der Waals surface area contributed by atoms with Gasteiger partial charge in [-0.25, -0.2) is 0 Å². The number of likely N-dealkylation sites (N-methyl/N-ethyl adjacent to an activating group) is 1. The maximum atomic E-state index is 9.62. The third-order valence-corrected chi connectivity index (χ3v) is 7.16. The molecule has 0 amide bonds. The Hall–Kier alpha value is -2.40. The van der Waals surface area contributed by atoms with E-state index < -0.39 is 0 Å². The highest BCUT2D eigenvalue weighted by molar-refractivity contribution is 9.10. The number of nitrogens with zero attached hydrogens (tertiary/aromatic N) is 1. The molecule has 4 heteroatoms. The van der Waals surface area contributed by atoms with Crippen LogP contribution in [0.25, 0.3) is 11.1 Å². The summed E-state index contributed by atoms with van der Waals surface area (Å²) in [4.78, 5) is 2.40. The van der Waals surface area contributed by atoms with Crippen LogP contribution in [-0.2, 0) is 4.74 Å². The monoisotopic (exact) mass is 519 g/mol. The van der Waals surface area contributed by atoms with Gasteiger partial charge in [0.1, 0.15) is 12.4 Å². The van der Waals surface area contributed by atoms with Gasteiger partial charge in [-0.05, 0) is 97.8 Å². The SMILES string of the molecule is CN1CCCC1COC1=CCC=C(/C(=C(/CCCO)c2ccccc2)c2ccc(Br)cc2)C=C1. The molecule has 1 aliphatic carbocycles. The normalized spacial score (nSPS) is 19.3. The van der Waals surface area contributed by atoms with Crippen LogP contribution < -0.4 is 0 Å². The Kier molecular flexibility index (Phi) is 8.97. The van der Waals surface area contributed by atoms with E-state index in [4.69, 9.17) is 4.74 Å². The lowest BCUT2D eigenvalue weighted by molar-refractivity contribution is 0.146. The van der Waals surface area contributed by atoms with Gasteiger partial charge in [-0.15, -0.1) is 0 Å². The third kappa shape index (κ3) is 6.38. The number of ether oxygens (including phenoxy) is 1. The van der Waals surface area contributed by atoms with Crippen molar-refractivity contribution in [3.8, 4) is 0 Å². The Labute approximate surface area is 212 Å². The Bertz CT molecular complexity index is 1070. The van der Waals surface area contributed by atoms with Gasteiger partial charge in [0.05, 0.1) is 0 Å². The Balaban J connectivity index is 1.67. The van der Waals surface area contributed by atoms with Gasteiger partial charge in [-0.2, -0.15) is 0 Å². The fourth-order valence-corrected chi connectivity index (χ4v) is 4.99. The first-order valence-corrected chi connectivity index (χ1v) is 13.0. The highest BCUT2D eigenvalue weighted by Crippen LogP contribution is 2.37. The molecule has 4 rings (SSSR count). The highest BCUT2D eigenvalue weighted by atomic mass is 79.9. The quantitative estimate of drug-likeness (QED) is 0.361. The van der Waals surface area contributed by atoms with Gasteiger partial charge in [-0.1, -0.05) is 70.5 Å². The van der Waals surface area contributed by atoms with Crippen molar-refractivity contribution in [2.24, 2.45) is 0 Å². The van der Waals surface area contributed by atoms with Gasteiger partial charge in [0.15, 0.2) is 0 Å². The minimum absolute atomic E-state index is 0.175. The molecule has 0 aromatic heterocycles. The Morgan fingerprint density at radius 3 is 2.53 bits per heavy atom. The second kappa shape index (κ2) is 12.3. The lowest BCUT2D eigenvalue weighted by Gasteiger charge is -2.20. The molecule has 178 valence electrons. The molecular weight excluding hydrogens is 486 g/mol. The standard InChI is InChI=1S/C30H34BrNO2/c1-32-20-6-11-27(32)22-34-28-12-5-10-24(16-19-28)30(25-14-17-26(31)18-15-25)29(13-7-21-33)23-8-3-2-4-9-23/h2-4,8-10,12,14-19,27,33H,5-7,11,13,20-22H2,1H3/b30-29+. The summed E-state index contributed by atoms with van der Waals surface area (Å²) in [6, 6.07) is 19.6. The van der Waals surface area contributed by atoms with Crippen molar-refractivity contribution in [2.45, 2.75) is 38.1 Å². The molecule has 1 aliphatic heterocycles. The molecule has 0 saturated carbocycles. The van der Waals surface area contributed by atoms with Crippen molar-refractivity contribution < 1.29 is 9.84 Å². The smallest absolute Gasteiger partial charge is 0.115 e. The number of hydrogen-bond acceptors (Lipinski definition) is 3. The van der Waals surface area contributed by atoms with Crippen LogP contribution in [0.2, 0.25) is 0 Å². The molecule has 1 heterocycles. The number of aliphatic hydroxyl groups excluding tert-OH is 1. The molecule has 1 unspecified atom stereocenters. The zero-order valence-electron chi connectivity index (χ0n) is 19.9. The van der Waals surface area contributed by atoms with Crippen LogP contribution in [0.3, 0.4) is 0 Å². The summed E-state index contributed by atoms with van der Waals surface area (Å²) >= 11 is 3.58. The fraction of sp³-hybridized carbons (Fsp3) is 0.333. The molecule has 1 atom stereocenters. The first kappa shape index (κ1) is 24.7. The van der Waals surface area contributed by atoms with E-state index in [1.54, 1.807) is 0 Å². The molecule has 1 fully saturated rings. The van der Waals surface area contributed by atoms with E-state index in [2.05, 4.69) is 101 Å². The highest BCUT2D eigenvalue weighted by Gasteiger charge is 2.21. The first-order chi connectivity index (χ1) is 16.7. The summed E-state index contributed by atoms with van der Waals surface area (Å²) < 4.78 is 7.28. The van der Waals surface area contributed by atoms with Crippen molar-refractivity contribution in [3.05, 3.63) is 106 Å². The van der Waals surface area contributed by atoms with Crippen LogP contribution in [0.1, 0.15) is 43.2 Å². The Morgan fingerprint density at radius 1 is 1.03 bits per heavy atom. The minimum Gasteiger partial charge on any atom is -0.492 e. The van der Waals surface area contributed by atoms with Crippen LogP contribution >= 0.6 is 15.9 Å². The fourth-order valence-electron chi connectivity index (χ4n) is 4.73. The van der Waals surface area contributed by atoms with Gasteiger partial charge in [0.2, 0.25) is 0 Å². The van der Waals surface area contributed by atoms with Gasteiger partial charge in [0, 0.05) is 17.1 Å². The number of likely N-dealkylation sites (tertiary alicyclic amines) is 1. The van der Waals surface area contributed by atoms with Gasteiger partial charge >= 0.3 is 0 Å². The van der Waals surface area contributed by atoms with Gasteiger partial charge in [0.25, 0.3) is 0 Å². The van der Waals surface area contributed by atoms with Crippen molar-refractivity contribution >= 4 is 27.1 Å². The number of aliphatic hydroxyl groups is 1. The van der Waals surface area contributed by atoms with Crippen LogP contribution in [0.4, 0.5) is 0 Å². The molecule has 2 aromatic carbocycles. The number of halogens is 1. The molecule has 2 aromatic rings. The molecular formula is C30H34BrNO2. The maximum Gasteiger partial charge on any atom is 0.115 e. The summed E-state index contributed by atoms with van der Waals surface area (Å²) in [5.41, 5.74) is 6.03. The van der Waals surface area contributed by atoms with Gasteiger partial charge < -0.3 is 14.7 Å². The Morgan fingerprint density at radius 2 is 1.82 bits per heavy atom. The van der Waals surface area contributed by atoms with Crippen molar-refractivity contribution in [3.63, 3.8) is 0 Å². The van der Waals surface area contributed by atoms with E-state index in [0.717, 1.165) is 42.6 Å². The lowest BCUT2D eigenvalue weighted by Crippen LogP contribution is -2.29. The minimum atomic E-state index is 0.175. The average molecular weight is 521 g/mol. The average Bonchev–Trinajstić information content (AvgIpc) is 3.13. The third-order valence-electron chi connectivity index (χ3n) is 6.63. The van der Waals surface area contributed by atoms with E-state index in [9.17, 15) is 5.11 Å². The molecule has 2 aliphatic rings. The van der Waals surface area contributed by atoms with Crippen LogP contribution in [0.15, 0.2) is 94.7 Å². The second-order valence-corrected chi connectivity index (χ2v) is 9.89. The molecule has 34 heavy (non-hydrogen) atoms. The molecule has 1 N–H and O–H groups in total. The second-order valence-electron chi connectivity index (χ2n) is 8.98. The molecule has 1 saturated heterocycles. The zero-order chi connectivity index (χ0) is 23.8.